The maximum Gasteiger partial charge on any atom is 0.105 e. The topological polar surface area (TPSA) is 53.6 Å². The molecule has 1 N–H and O–H groups in total. The van der Waals surface area contributed by atoms with Crippen molar-refractivity contribution in [3.05, 3.63) is 17.0 Å². The summed E-state index contributed by atoms with van der Waals surface area (Å²) < 4.78 is 2.04. The van der Waals surface area contributed by atoms with E-state index in [-0.39, 0.29) is 6.04 Å². The van der Waals surface area contributed by atoms with Crippen LogP contribution in [0.2, 0.25) is 0 Å². The van der Waals surface area contributed by atoms with Crippen LogP contribution in [-0.2, 0) is 0 Å². The Labute approximate surface area is 110 Å². The lowest BCUT2D eigenvalue weighted by Gasteiger charge is -2.27. The first kappa shape index (κ1) is 14.7. The summed E-state index contributed by atoms with van der Waals surface area (Å²) >= 11 is 0. The van der Waals surface area contributed by atoms with Crippen LogP contribution in [0.3, 0.4) is 0 Å². The van der Waals surface area contributed by atoms with Gasteiger partial charge in [0.1, 0.15) is 5.54 Å². The molecule has 1 aromatic rings. The lowest BCUT2D eigenvalue weighted by Crippen LogP contribution is -2.42. The predicted molar refractivity (Wildman–Crippen MR) is 73.5 cm³/mol. The van der Waals surface area contributed by atoms with Crippen molar-refractivity contribution in [1.29, 1.82) is 5.26 Å². The molecular weight excluding hydrogens is 224 g/mol. The molecule has 18 heavy (non-hydrogen) atoms. The highest BCUT2D eigenvalue weighted by Gasteiger charge is 2.27. The maximum absolute atomic E-state index is 9.30. The summed E-state index contributed by atoms with van der Waals surface area (Å²) in [6.45, 7) is 13.1. The number of nitriles is 1. The normalized spacial score (nSPS) is 16.1. The number of aromatic nitrogens is 2. The minimum Gasteiger partial charge on any atom is -0.300 e. The number of rotatable bonds is 5. The summed E-state index contributed by atoms with van der Waals surface area (Å²) in [6, 6.07) is 2.58. The van der Waals surface area contributed by atoms with Crippen LogP contribution >= 0.6 is 0 Å². The molecule has 0 bridgehead atoms. The molecule has 4 heteroatoms. The van der Waals surface area contributed by atoms with Gasteiger partial charge in [0.25, 0.3) is 0 Å². The van der Waals surface area contributed by atoms with Crippen molar-refractivity contribution >= 4 is 0 Å². The van der Waals surface area contributed by atoms with Crippen LogP contribution in [0.25, 0.3) is 0 Å². The highest BCUT2D eigenvalue weighted by Crippen LogP contribution is 2.23. The van der Waals surface area contributed by atoms with Crippen LogP contribution in [0.15, 0.2) is 0 Å². The molecule has 2 unspecified atom stereocenters. The van der Waals surface area contributed by atoms with E-state index in [9.17, 15) is 5.26 Å². The van der Waals surface area contributed by atoms with E-state index in [1.165, 1.54) is 11.3 Å². The second-order valence-corrected chi connectivity index (χ2v) is 5.27. The first-order chi connectivity index (χ1) is 8.34. The highest BCUT2D eigenvalue weighted by atomic mass is 15.3. The number of nitrogens with zero attached hydrogens (tertiary/aromatic N) is 3. The van der Waals surface area contributed by atoms with E-state index in [0.29, 0.717) is 0 Å². The molecule has 1 rings (SSSR count). The van der Waals surface area contributed by atoms with Gasteiger partial charge < -0.3 is 0 Å². The van der Waals surface area contributed by atoms with Gasteiger partial charge in [-0.3, -0.25) is 10.00 Å². The molecule has 0 aliphatic carbocycles. The first-order valence-corrected chi connectivity index (χ1v) is 6.53. The molecule has 2 atom stereocenters. The summed E-state index contributed by atoms with van der Waals surface area (Å²) in [4.78, 5) is 0. The van der Waals surface area contributed by atoms with Crippen molar-refractivity contribution in [3.8, 4) is 6.07 Å². The van der Waals surface area contributed by atoms with E-state index in [0.717, 1.165) is 18.7 Å². The number of hydrogen-bond acceptors (Lipinski definition) is 3. The average Bonchev–Trinajstić information content (AvgIpc) is 2.57. The number of nitrogens with one attached hydrogen (secondary N) is 1. The lowest BCUT2D eigenvalue weighted by atomic mass is 9.95. The fraction of sp³-hybridized carbons (Fsp3) is 0.714. The van der Waals surface area contributed by atoms with Gasteiger partial charge in [0, 0.05) is 12.1 Å². The molecular formula is C14H24N4. The molecule has 0 aliphatic heterocycles. The van der Waals surface area contributed by atoms with Gasteiger partial charge in [-0.2, -0.15) is 10.4 Å². The van der Waals surface area contributed by atoms with Gasteiger partial charge in [-0.25, -0.2) is 0 Å². The van der Waals surface area contributed by atoms with Crippen LogP contribution in [0.5, 0.6) is 0 Å². The van der Waals surface area contributed by atoms with Gasteiger partial charge in [-0.05, 0) is 46.7 Å². The Bertz CT molecular complexity index is 455. The largest absolute Gasteiger partial charge is 0.300 e. The van der Waals surface area contributed by atoms with E-state index in [4.69, 9.17) is 0 Å². The third-order valence-electron chi connectivity index (χ3n) is 3.62. The Balaban J connectivity index is 2.91. The Kier molecular flexibility index (Phi) is 4.53. The third-order valence-corrected chi connectivity index (χ3v) is 3.62. The summed E-state index contributed by atoms with van der Waals surface area (Å²) in [5, 5.41) is 17.1. The van der Waals surface area contributed by atoms with Crippen LogP contribution in [-0.4, -0.2) is 21.9 Å². The first-order valence-electron chi connectivity index (χ1n) is 6.53. The Hall–Kier alpha value is -1.34. The zero-order chi connectivity index (χ0) is 13.9. The highest BCUT2D eigenvalue weighted by molar-refractivity contribution is 5.22. The van der Waals surface area contributed by atoms with Gasteiger partial charge in [0.2, 0.25) is 0 Å². The van der Waals surface area contributed by atoms with E-state index >= 15 is 0 Å². The maximum atomic E-state index is 9.30. The molecule has 4 nitrogen and oxygen atoms in total. The molecule has 0 amide bonds. The Morgan fingerprint density at radius 2 is 2.06 bits per heavy atom. The molecule has 0 saturated carbocycles. The molecule has 100 valence electrons. The van der Waals surface area contributed by atoms with Crippen molar-refractivity contribution in [2.45, 2.75) is 59.5 Å². The third kappa shape index (κ3) is 2.91. The monoisotopic (exact) mass is 248 g/mol. The van der Waals surface area contributed by atoms with Gasteiger partial charge in [-0.15, -0.1) is 0 Å². The standard InChI is InChI=1S/C14H24N4/c1-7-16-14(6,9-15)8-10(2)18-13(5)11(3)12(4)17-18/h10,16H,7-8H2,1-6H3. The second kappa shape index (κ2) is 5.53. The van der Waals surface area contributed by atoms with Gasteiger partial charge >= 0.3 is 0 Å². The molecule has 0 aliphatic rings. The minimum atomic E-state index is -0.492. The second-order valence-electron chi connectivity index (χ2n) is 5.27. The summed E-state index contributed by atoms with van der Waals surface area (Å²) in [7, 11) is 0. The van der Waals surface area contributed by atoms with Crippen molar-refractivity contribution in [2.24, 2.45) is 0 Å². The van der Waals surface area contributed by atoms with Gasteiger partial charge in [0.05, 0.1) is 17.8 Å². The quantitative estimate of drug-likeness (QED) is 0.871. The Morgan fingerprint density at radius 3 is 2.44 bits per heavy atom. The van der Waals surface area contributed by atoms with E-state index in [2.05, 4.69) is 37.3 Å². The SMILES string of the molecule is CCNC(C)(C#N)CC(C)n1nc(C)c(C)c1C. The summed E-state index contributed by atoms with van der Waals surface area (Å²) in [6.07, 6.45) is 0.749. The average molecular weight is 248 g/mol. The fourth-order valence-electron chi connectivity index (χ4n) is 2.40. The van der Waals surface area contributed by atoms with E-state index in [1.54, 1.807) is 0 Å². The lowest BCUT2D eigenvalue weighted by molar-refractivity contribution is 0.334. The molecule has 1 heterocycles. The summed E-state index contributed by atoms with van der Waals surface area (Å²) in [5.41, 5.74) is 3.01. The van der Waals surface area contributed by atoms with Crippen molar-refractivity contribution in [3.63, 3.8) is 0 Å². The van der Waals surface area contributed by atoms with Crippen LogP contribution in [0, 0.1) is 32.1 Å². The van der Waals surface area contributed by atoms with Crippen molar-refractivity contribution in [1.82, 2.24) is 15.1 Å². The van der Waals surface area contributed by atoms with Gasteiger partial charge in [0.15, 0.2) is 0 Å². The molecule has 0 saturated heterocycles. The zero-order valence-electron chi connectivity index (χ0n) is 12.3. The minimum absolute atomic E-state index is 0.209. The molecule has 0 aromatic carbocycles. The van der Waals surface area contributed by atoms with Gasteiger partial charge in [-0.1, -0.05) is 6.92 Å². The van der Waals surface area contributed by atoms with Crippen LogP contribution < -0.4 is 5.32 Å². The predicted octanol–water partition coefficient (Wildman–Crippen LogP) is 2.65. The van der Waals surface area contributed by atoms with Crippen molar-refractivity contribution in [2.75, 3.05) is 6.54 Å². The number of aryl methyl sites for hydroxylation is 1. The van der Waals surface area contributed by atoms with E-state index in [1.807, 2.05) is 25.5 Å². The van der Waals surface area contributed by atoms with E-state index < -0.39 is 5.54 Å². The summed E-state index contributed by atoms with van der Waals surface area (Å²) in [5.74, 6) is 0. The van der Waals surface area contributed by atoms with Crippen LogP contribution in [0.1, 0.15) is 50.2 Å². The number of hydrogen-bond donors (Lipinski definition) is 1. The Morgan fingerprint density at radius 1 is 1.44 bits per heavy atom. The smallest absolute Gasteiger partial charge is 0.105 e. The molecule has 0 fully saturated rings. The molecule has 0 spiro atoms. The zero-order valence-corrected chi connectivity index (χ0v) is 12.3. The molecule has 1 aromatic heterocycles. The fourth-order valence-corrected chi connectivity index (χ4v) is 2.40. The van der Waals surface area contributed by atoms with Crippen LogP contribution in [0.4, 0.5) is 0 Å². The van der Waals surface area contributed by atoms with Crippen molar-refractivity contribution < 1.29 is 0 Å². The molecule has 0 radical (unpaired) electrons.